The molecule has 74 valence electrons. The van der Waals surface area contributed by atoms with Crippen LogP contribution in [0.3, 0.4) is 0 Å². The third-order valence-electron chi connectivity index (χ3n) is 1.50. The second-order valence-electron chi connectivity index (χ2n) is 2.65. The molecule has 0 aromatic heterocycles. The lowest BCUT2D eigenvalue weighted by atomic mass is 10.2. The molecule has 1 atom stereocenters. The number of hydrogen-bond donors (Lipinski definition) is 2. The number of ether oxygens (including phenoxy) is 1. The summed E-state index contributed by atoms with van der Waals surface area (Å²) in [5.41, 5.74) is 5.46. The number of carbonyl (C=O) groups is 1. The SMILES string of the molecule is C#CCC(N)C(=O)NCCCOC. The maximum absolute atomic E-state index is 11.1. The van der Waals surface area contributed by atoms with Gasteiger partial charge in [-0.05, 0) is 6.42 Å². The van der Waals surface area contributed by atoms with Crippen LogP contribution >= 0.6 is 0 Å². The minimum Gasteiger partial charge on any atom is -0.385 e. The Morgan fingerprint density at radius 3 is 3.00 bits per heavy atom. The van der Waals surface area contributed by atoms with Crippen LogP contribution in [-0.4, -0.2) is 32.2 Å². The van der Waals surface area contributed by atoms with E-state index in [4.69, 9.17) is 16.9 Å². The first-order valence-corrected chi connectivity index (χ1v) is 4.18. The summed E-state index contributed by atoms with van der Waals surface area (Å²) in [5, 5.41) is 2.66. The van der Waals surface area contributed by atoms with Crippen molar-refractivity contribution in [3.8, 4) is 12.3 Å². The van der Waals surface area contributed by atoms with E-state index in [-0.39, 0.29) is 12.3 Å². The molecule has 3 N–H and O–H groups in total. The van der Waals surface area contributed by atoms with E-state index in [1.807, 2.05) is 0 Å². The van der Waals surface area contributed by atoms with Crippen LogP contribution in [0.5, 0.6) is 0 Å². The Labute approximate surface area is 78.8 Å². The van der Waals surface area contributed by atoms with Gasteiger partial charge in [-0.15, -0.1) is 12.3 Å². The summed E-state index contributed by atoms with van der Waals surface area (Å²) in [6.45, 7) is 1.20. The Morgan fingerprint density at radius 2 is 2.46 bits per heavy atom. The molecular formula is C9H16N2O2. The van der Waals surface area contributed by atoms with Gasteiger partial charge in [0.05, 0.1) is 6.04 Å². The van der Waals surface area contributed by atoms with Crippen LogP contribution in [0.1, 0.15) is 12.8 Å². The molecule has 13 heavy (non-hydrogen) atoms. The lowest BCUT2D eigenvalue weighted by Gasteiger charge is -2.08. The van der Waals surface area contributed by atoms with Crippen LogP contribution in [0.4, 0.5) is 0 Å². The molecule has 0 heterocycles. The summed E-state index contributed by atoms with van der Waals surface area (Å²) in [4.78, 5) is 11.1. The predicted molar refractivity (Wildman–Crippen MR) is 50.9 cm³/mol. The Balaban J connectivity index is 3.45. The van der Waals surface area contributed by atoms with Gasteiger partial charge in [-0.3, -0.25) is 4.79 Å². The van der Waals surface area contributed by atoms with Gasteiger partial charge < -0.3 is 15.8 Å². The fourth-order valence-corrected chi connectivity index (χ4v) is 0.779. The summed E-state index contributed by atoms with van der Waals surface area (Å²) >= 11 is 0. The van der Waals surface area contributed by atoms with Gasteiger partial charge in [-0.2, -0.15) is 0 Å². The predicted octanol–water partition coefficient (Wildman–Crippen LogP) is -0.510. The summed E-state index contributed by atoms with van der Waals surface area (Å²) in [7, 11) is 1.62. The van der Waals surface area contributed by atoms with Gasteiger partial charge in [0.15, 0.2) is 0 Å². The lowest BCUT2D eigenvalue weighted by molar-refractivity contribution is -0.122. The Kier molecular flexibility index (Phi) is 6.98. The Hall–Kier alpha value is -1.05. The van der Waals surface area contributed by atoms with Crippen molar-refractivity contribution in [3.05, 3.63) is 0 Å². The highest BCUT2D eigenvalue weighted by Gasteiger charge is 2.10. The molecule has 0 saturated carbocycles. The zero-order chi connectivity index (χ0) is 10.1. The highest BCUT2D eigenvalue weighted by molar-refractivity contribution is 5.81. The van der Waals surface area contributed by atoms with E-state index in [0.29, 0.717) is 13.2 Å². The van der Waals surface area contributed by atoms with Crippen molar-refractivity contribution in [2.75, 3.05) is 20.3 Å². The quantitative estimate of drug-likeness (QED) is 0.431. The highest BCUT2D eigenvalue weighted by Crippen LogP contribution is 1.86. The number of rotatable bonds is 6. The van der Waals surface area contributed by atoms with Gasteiger partial charge >= 0.3 is 0 Å². The third kappa shape index (κ3) is 6.14. The van der Waals surface area contributed by atoms with Crippen molar-refractivity contribution < 1.29 is 9.53 Å². The van der Waals surface area contributed by atoms with E-state index in [9.17, 15) is 4.79 Å². The minimum absolute atomic E-state index is 0.200. The zero-order valence-corrected chi connectivity index (χ0v) is 7.88. The molecule has 0 saturated heterocycles. The third-order valence-corrected chi connectivity index (χ3v) is 1.50. The van der Waals surface area contributed by atoms with Crippen LogP contribution in [-0.2, 0) is 9.53 Å². The molecular weight excluding hydrogens is 168 g/mol. The fraction of sp³-hybridized carbons (Fsp3) is 0.667. The molecule has 1 amide bonds. The first kappa shape index (κ1) is 11.9. The van der Waals surface area contributed by atoms with Crippen molar-refractivity contribution in [3.63, 3.8) is 0 Å². The first-order valence-electron chi connectivity index (χ1n) is 4.18. The largest absolute Gasteiger partial charge is 0.385 e. The molecule has 0 spiro atoms. The number of nitrogens with two attached hydrogens (primary N) is 1. The molecule has 4 nitrogen and oxygen atoms in total. The fourth-order valence-electron chi connectivity index (χ4n) is 0.779. The Bertz CT molecular complexity index is 187. The van der Waals surface area contributed by atoms with E-state index in [1.54, 1.807) is 7.11 Å². The average Bonchev–Trinajstić information content (AvgIpc) is 2.12. The normalized spacial score (nSPS) is 11.8. The molecule has 0 rings (SSSR count). The maximum atomic E-state index is 11.1. The van der Waals surface area contributed by atoms with E-state index >= 15 is 0 Å². The number of terminal acetylenes is 1. The molecule has 0 fully saturated rings. The smallest absolute Gasteiger partial charge is 0.237 e. The molecule has 0 aromatic carbocycles. The van der Waals surface area contributed by atoms with Gasteiger partial charge in [0.2, 0.25) is 5.91 Å². The van der Waals surface area contributed by atoms with Gasteiger partial charge in [0.1, 0.15) is 0 Å². The standard InChI is InChI=1S/C9H16N2O2/c1-3-5-8(10)9(12)11-6-4-7-13-2/h1,8H,4-7,10H2,2H3,(H,11,12). The number of methoxy groups -OCH3 is 1. The summed E-state index contributed by atoms with van der Waals surface area (Å²) < 4.78 is 4.82. The molecule has 1 unspecified atom stereocenters. The van der Waals surface area contributed by atoms with E-state index in [2.05, 4.69) is 11.2 Å². The van der Waals surface area contributed by atoms with Gasteiger partial charge in [-0.1, -0.05) is 0 Å². The minimum atomic E-state index is -0.590. The monoisotopic (exact) mass is 184 g/mol. The Morgan fingerprint density at radius 1 is 1.77 bits per heavy atom. The van der Waals surface area contributed by atoms with Crippen LogP contribution in [0.2, 0.25) is 0 Å². The van der Waals surface area contributed by atoms with Crippen LogP contribution < -0.4 is 11.1 Å². The summed E-state index contributed by atoms with van der Waals surface area (Å²) in [6, 6.07) is -0.590. The number of amides is 1. The zero-order valence-electron chi connectivity index (χ0n) is 7.88. The number of nitrogens with one attached hydrogen (secondary N) is 1. The van der Waals surface area contributed by atoms with Gasteiger partial charge in [0, 0.05) is 26.7 Å². The molecule has 0 aliphatic rings. The van der Waals surface area contributed by atoms with Gasteiger partial charge in [-0.25, -0.2) is 0 Å². The molecule has 0 radical (unpaired) electrons. The van der Waals surface area contributed by atoms with Crippen molar-refractivity contribution >= 4 is 5.91 Å². The van der Waals surface area contributed by atoms with Crippen molar-refractivity contribution in [2.45, 2.75) is 18.9 Å². The topological polar surface area (TPSA) is 64.4 Å². The van der Waals surface area contributed by atoms with Crippen molar-refractivity contribution in [1.29, 1.82) is 0 Å². The summed E-state index contributed by atoms with van der Waals surface area (Å²) in [6.07, 6.45) is 6.07. The first-order chi connectivity index (χ1) is 6.22. The van der Waals surface area contributed by atoms with E-state index < -0.39 is 6.04 Å². The highest BCUT2D eigenvalue weighted by atomic mass is 16.5. The van der Waals surface area contributed by atoms with Gasteiger partial charge in [0.25, 0.3) is 0 Å². The molecule has 4 heteroatoms. The second kappa shape index (κ2) is 7.59. The lowest BCUT2D eigenvalue weighted by Crippen LogP contribution is -2.40. The maximum Gasteiger partial charge on any atom is 0.237 e. The molecule has 0 aliphatic carbocycles. The van der Waals surface area contributed by atoms with Crippen LogP contribution in [0.25, 0.3) is 0 Å². The molecule has 0 aromatic rings. The van der Waals surface area contributed by atoms with Crippen molar-refractivity contribution in [2.24, 2.45) is 5.73 Å². The molecule has 0 aliphatic heterocycles. The number of hydrogen-bond acceptors (Lipinski definition) is 3. The van der Waals surface area contributed by atoms with E-state index in [0.717, 1.165) is 6.42 Å². The average molecular weight is 184 g/mol. The van der Waals surface area contributed by atoms with Crippen LogP contribution in [0.15, 0.2) is 0 Å². The van der Waals surface area contributed by atoms with Crippen molar-refractivity contribution in [1.82, 2.24) is 5.32 Å². The summed E-state index contributed by atoms with van der Waals surface area (Å²) in [5.74, 6) is 2.14. The second-order valence-corrected chi connectivity index (χ2v) is 2.65. The van der Waals surface area contributed by atoms with E-state index in [1.165, 1.54) is 0 Å². The molecule has 0 bridgehead atoms. The van der Waals surface area contributed by atoms with Crippen LogP contribution in [0, 0.1) is 12.3 Å². The number of carbonyl (C=O) groups excluding carboxylic acids is 1.